The van der Waals surface area contributed by atoms with E-state index in [0.717, 1.165) is 29.1 Å². The molecule has 0 atom stereocenters. The molecule has 0 unspecified atom stereocenters. The summed E-state index contributed by atoms with van der Waals surface area (Å²) in [5, 5.41) is 3.15. The number of hydrogen-bond acceptors (Lipinski definition) is 2. The molecule has 0 saturated carbocycles. The first-order valence-corrected chi connectivity index (χ1v) is 6.65. The zero-order chi connectivity index (χ0) is 13.1. The van der Waals surface area contributed by atoms with Crippen molar-refractivity contribution in [3.8, 4) is 0 Å². The summed E-state index contributed by atoms with van der Waals surface area (Å²) in [5.41, 5.74) is 1.62. The van der Waals surface area contributed by atoms with Gasteiger partial charge < -0.3 is 9.88 Å². The molecule has 0 saturated heterocycles. The van der Waals surface area contributed by atoms with E-state index in [-0.39, 0.29) is 5.82 Å². The second-order valence-corrected chi connectivity index (χ2v) is 5.00. The summed E-state index contributed by atoms with van der Waals surface area (Å²) < 4.78 is 16.1. The standard InChI is InChI=1S/C13H15BrFN3/c1-3-6-18-8-9(2)16-13(18)17-12-7-10(15)4-5-11(12)14/h4-5,7-8H,3,6H2,1-2H3,(H,16,17). The Hall–Kier alpha value is -1.36. The number of aryl methyl sites for hydroxylation is 2. The van der Waals surface area contributed by atoms with Gasteiger partial charge in [-0.1, -0.05) is 6.92 Å². The molecular weight excluding hydrogens is 297 g/mol. The molecule has 5 heteroatoms. The van der Waals surface area contributed by atoms with Crippen molar-refractivity contribution in [1.82, 2.24) is 9.55 Å². The highest BCUT2D eigenvalue weighted by Gasteiger charge is 2.08. The molecule has 0 spiro atoms. The lowest BCUT2D eigenvalue weighted by Gasteiger charge is -2.10. The molecule has 1 aromatic heterocycles. The molecule has 0 bridgehead atoms. The summed E-state index contributed by atoms with van der Waals surface area (Å²) in [5.74, 6) is 0.465. The zero-order valence-electron chi connectivity index (χ0n) is 10.4. The Morgan fingerprint density at radius 3 is 2.94 bits per heavy atom. The fraction of sp³-hybridized carbons (Fsp3) is 0.308. The van der Waals surface area contributed by atoms with Gasteiger partial charge in [0.15, 0.2) is 0 Å². The average molecular weight is 312 g/mol. The molecule has 18 heavy (non-hydrogen) atoms. The quantitative estimate of drug-likeness (QED) is 0.915. The van der Waals surface area contributed by atoms with Gasteiger partial charge in [-0.15, -0.1) is 0 Å². The van der Waals surface area contributed by atoms with Gasteiger partial charge in [-0.3, -0.25) is 0 Å². The van der Waals surface area contributed by atoms with E-state index in [1.54, 1.807) is 6.07 Å². The van der Waals surface area contributed by atoms with E-state index in [0.29, 0.717) is 5.69 Å². The molecule has 3 nitrogen and oxygen atoms in total. The molecule has 0 radical (unpaired) electrons. The maximum Gasteiger partial charge on any atom is 0.207 e. The number of nitrogens with one attached hydrogen (secondary N) is 1. The van der Waals surface area contributed by atoms with Crippen molar-refractivity contribution < 1.29 is 4.39 Å². The van der Waals surface area contributed by atoms with Gasteiger partial charge in [0.1, 0.15) is 5.82 Å². The molecular formula is C13H15BrFN3. The Kier molecular flexibility index (Phi) is 4.01. The third-order valence-corrected chi connectivity index (χ3v) is 3.23. The first-order chi connectivity index (χ1) is 8.60. The largest absolute Gasteiger partial charge is 0.324 e. The van der Waals surface area contributed by atoms with Gasteiger partial charge in [-0.05, 0) is 47.5 Å². The predicted molar refractivity (Wildman–Crippen MR) is 74.6 cm³/mol. The fourth-order valence-electron chi connectivity index (χ4n) is 1.77. The Bertz CT molecular complexity index is 551. The summed E-state index contributed by atoms with van der Waals surface area (Å²) in [4.78, 5) is 4.40. The molecule has 2 rings (SSSR count). The van der Waals surface area contributed by atoms with Crippen molar-refractivity contribution in [2.45, 2.75) is 26.8 Å². The van der Waals surface area contributed by atoms with E-state index in [1.165, 1.54) is 12.1 Å². The van der Waals surface area contributed by atoms with Gasteiger partial charge in [0.2, 0.25) is 5.95 Å². The third kappa shape index (κ3) is 2.90. The Morgan fingerprint density at radius 1 is 1.44 bits per heavy atom. The highest BCUT2D eigenvalue weighted by molar-refractivity contribution is 9.10. The van der Waals surface area contributed by atoms with Crippen LogP contribution in [0.15, 0.2) is 28.9 Å². The number of anilines is 2. The topological polar surface area (TPSA) is 29.9 Å². The van der Waals surface area contributed by atoms with Crippen LogP contribution >= 0.6 is 15.9 Å². The summed E-state index contributed by atoms with van der Waals surface area (Å²) in [6, 6.07) is 4.54. The minimum Gasteiger partial charge on any atom is -0.324 e. The van der Waals surface area contributed by atoms with Gasteiger partial charge in [-0.2, -0.15) is 0 Å². The molecule has 1 N–H and O–H groups in total. The number of imidazole rings is 1. The van der Waals surface area contributed by atoms with Crippen LogP contribution in [0.25, 0.3) is 0 Å². The molecule has 0 aliphatic carbocycles. The van der Waals surface area contributed by atoms with E-state index in [2.05, 4.69) is 33.2 Å². The van der Waals surface area contributed by atoms with Crippen LogP contribution in [0.3, 0.4) is 0 Å². The van der Waals surface area contributed by atoms with Crippen LogP contribution in [0.1, 0.15) is 19.0 Å². The first-order valence-electron chi connectivity index (χ1n) is 5.86. The van der Waals surface area contributed by atoms with Gasteiger partial charge in [0.05, 0.1) is 11.4 Å². The Morgan fingerprint density at radius 2 is 2.22 bits per heavy atom. The van der Waals surface area contributed by atoms with Gasteiger partial charge in [0.25, 0.3) is 0 Å². The van der Waals surface area contributed by atoms with Crippen LogP contribution in [0.2, 0.25) is 0 Å². The number of aromatic nitrogens is 2. The van der Waals surface area contributed by atoms with Crippen LogP contribution in [0, 0.1) is 12.7 Å². The smallest absolute Gasteiger partial charge is 0.207 e. The Labute approximate surface area is 114 Å². The molecule has 1 heterocycles. The van der Waals surface area contributed by atoms with Crippen LogP contribution in [-0.2, 0) is 6.54 Å². The number of hydrogen-bond donors (Lipinski definition) is 1. The highest BCUT2D eigenvalue weighted by atomic mass is 79.9. The van der Waals surface area contributed by atoms with Crippen molar-refractivity contribution in [2.24, 2.45) is 0 Å². The minimum absolute atomic E-state index is 0.272. The van der Waals surface area contributed by atoms with E-state index in [1.807, 2.05) is 17.7 Å². The van der Waals surface area contributed by atoms with Gasteiger partial charge in [0, 0.05) is 17.2 Å². The first kappa shape index (κ1) is 13.1. The normalized spacial score (nSPS) is 10.7. The van der Waals surface area contributed by atoms with Crippen LogP contribution in [-0.4, -0.2) is 9.55 Å². The van der Waals surface area contributed by atoms with Crippen molar-refractivity contribution in [2.75, 3.05) is 5.32 Å². The summed E-state index contributed by atoms with van der Waals surface area (Å²) in [6.07, 6.45) is 3.01. The molecule has 0 aliphatic heterocycles. The second-order valence-electron chi connectivity index (χ2n) is 4.15. The second kappa shape index (κ2) is 5.52. The minimum atomic E-state index is -0.272. The Balaban J connectivity index is 2.30. The summed E-state index contributed by atoms with van der Waals surface area (Å²) in [6.45, 7) is 4.94. The number of benzene rings is 1. The molecule has 2 aromatic rings. The average Bonchev–Trinajstić information content (AvgIpc) is 2.65. The van der Waals surface area contributed by atoms with Crippen molar-refractivity contribution >= 4 is 27.6 Å². The third-order valence-electron chi connectivity index (χ3n) is 2.54. The molecule has 96 valence electrons. The van der Waals surface area contributed by atoms with E-state index in [9.17, 15) is 4.39 Å². The number of nitrogens with zero attached hydrogens (tertiary/aromatic N) is 2. The van der Waals surface area contributed by atoms with Crippen molar-refractivity contribution in [3.05, 3.63) is 40.4 Å². The monoisotopic (exact) mass is 311 g/mol. The van der Waals surface area contributed by atoms with E-state index < -0.39 is 0 Å². The predicted octanol–water partition coefficient (Wildman–Crippen LogP) is 4.25. The SMILES string of the molecule is CCCn1cc(C)nc1Nc1cc(F)ccc1Br. The van der Waals surface area contributed by atoms with E-state index >= 15 is 0 Å². The van der Waals surface area contributed by atoms with Crippen molar-refractivity contribution in [1.29, 1.82) is 0 Å². The maximum absolute atomic E-state index is 13.2. The summed E-state index contributed by atoms with van der Waals surface area (Å²) >= 11 is 3.39. The van der Waals surface area contributed by atoms with Crippen LogP contribution < -0.4 is 5.32 Å². The zero-order valence-corrected chi connectivity index (χ0v) is 12.0. The number of halogens is 2. The maximum atomic E-state index is 13.2. The van der Waals surface area contributed by atoms with Gasteiger partial charge >= 0.3 is 0 Å². The van der Waals surface area contributed by atoms with Crippen LogP contribution in [0.4, 0.5) is 16.0 Å². The lowest BCUT2D eigenvalue weighted by atomic mass is 10.3. The lowest BCUT2D eigenvalue weighted by molar-refractivity contribution is 0.628. The van der Waals surface area contributed by atoms with Gasteiger partial charge in [-0.25, -0.2) is 9.37 Å². The van der Waals surface area contributed by atoms with Crippen molar-refractivity contribution in [3.63, 3.8) is 0 Å². The van der Waals surface area contributed by atoms with Crippen LogP contribution in [0.5, 0.6) is 0 Å². The lowest BCUT2D eigenvalue weighted by Crippen LogP contribution is -2.03. The highest BCUT2D eigenvalue weighted by Crippen LogP contribution is 2.26. The molecule has 0 aliphatic rings. The molecule has 1 aromatic carbocycles. The fourth-order valence-corrected chi connectivity index (χ4v) is 2.12. The summed E-state index contributed by atoms with van der Waals surface area (Å²) in [7, 11) is 0. The molecule has 0 fully saturated rings. The van der Waals surface area contributed by atoms with E-state index in [4.69, 9.17) is 0 Å². The number of rotatable bonds is 4. The molecule has 0 amide bonds.